The molecule has 1 aliphatic heterocycles. The molecule has 1 atom stereocenters. The predicted molar refractivity (Wildman–Crippen MR) is 85.1 cm³/mol. The van der Waals surface area contributed by atoms with Gasteiger partial charge in [-0.25, -0.2) is 0 Å². The molecule has 21 heavy (non-hydrogen) atoms. The highest BCUT2D eigenvalue weighted by atomic mass is 16.2. The minimum atomic E-state index is 0.105. The second kappa shape index (κ2) is 6.75. The van der Waals surface area contributed by atoms with Crippen LogP contribution in [0, 0.1) is 18.8 Å². The van der Waals surface area contributed by atoms with E-state index in [9.17, 15) is 4.79 Å². The maximum atomic E-state index is 12.7. The monoisotopic (exact) mass is 285 g/mol. The van der Waals surface area contributed by atoms with Crippen molar-refractivity contribution in [3.05, 3.63) is 34.9 Å². The molecule has 1 fully saturated rings. The molecule has 1 aromatic carbocycles. The number of carbonyl (C=O) groups is 1. The van der Waals surface area contributed by atoms with Gasteiger partial charge in [0.25, 0.3) is 5.91 Å². The summed E-state index contributed by atoms with van der Waals surface area (Å²) in [6.45, 7) is 3.91. The van der Waals surface area contributed by atoms with Crippen LogP contribution < -0.4 is 5.73 Å². The van der Waals surface area contributed by atoms with Crippen LogP contribution in [0.2, 0.25) is 0 Å². The summed E-state index contributed by atoms with van der Waals surface area (Å²) in [4.78, 5) is 16.8. The number of amides is 1. The summed E-state index contributed by atoms with van der Waals surface area (Å²) in [6.07, 6.45) is 1.03. The highest BCUT2D eigenvalue weighted by Gasteiger charge is 2.28. The quantitative estimate of drug-likeness (QED) is 0.827. The summed E-state index contributed by atoms with van der Waals surface area (Å²) >= 11 is 0. The van der Waals surface area contributed by atoms with Gasteiger partial charge in [0.2, 0.25) is 0 Å². The van der Waals surface area contributed by atoms with Crippen LogP contribution in [0.15, 0.2) is 18.2 Å². The van der Waals surface area contributed by atoms with Crippen LogP contribution in [0.3, 0.4) is 0 Å². The molecular formula is C17H23N3O. The van der Waals surface area contributed by atoms with Crippen molar-refractivity contribution in [2.75, 3.05) is 33.7 Å². The van der Waals surface area contributed by atoms with Gasteiger partial charge < -0.3 is 15.5 Å². The Labute approximate surface area is 126 Å². The second-order valence-electron chi connectivity index (χ2n) is 5.69. The number of carbonyl (C=O) groups excluding carboxylic acids is 1. The van der Waals surface area contributed by atoms with Crippen molar-refractivity contribution in [1.82, 2.24) is 9.80 Å². The highest BCUT2D eigenvalue weighted by Crippen LogP contribution is 2.19. The van der Waals surface area contributed by atoms with Crippen molar-refractivity contribution in [2.24, 2.45) is 5.73 Å². The lowest BCUT2D eigenvalue weighted by atomic mass is 10.0. The molecule has 1 aromatic rings. The lowest BCUT2D eigenvalue weighted by Gasteiger charge is -2.21. The average molecular weight is 285 g/mol. The molecule has 1 unspecified atom stereocenters. The third-order valence-electron chi connectivity index (χ3n) is 3.98. The minimum Gasteiger partial charge on any atom is -0.337 e. The third kappa shape index (κ3) is 3.63. The van der Waals surface area contributed by atoms with E-state index in [1.165, 1.54) is 0 Å². The number of nitrogens with zero attached hydrogens (tertiary/aromatic N) is 2. The number of rotatable bonds is 2. The fourth-order valence-electron chi connectivity index (χ4n) is 2.60. The molecule has 0 radical (unpaired) electrons. The maximum Gasteiger partial charge on any atom is 0.254 e. The molecular weight excluding hydrogens is 262 g/mol. The average Bonchev–Trinajstić information content (AvgIpc) is 2.95. The summed E-state index contributed by atoms with van der Waals surface area (Å²) in [5.41, 5.74) is 7.98. The van der Waals surface area contributed by atoms with Gasteiger partial charge in [0.1, 0.15) is 0 Å². The normalized spacial score (nSPS) is 17.8. The Balaban J connectivity index is 2.19. The van der Waals surface area contributed by atoms with Crippen LogP contribution in [0.1, 0.15) is 27.9 Å². The van der Waals surface area contributed by atoms with Gasteiger partial charge in [-0.15, -0.1) is 0 Å². The summed E-state index contributed by atoms with van der Waals surface area (Å²) < 4.78 is 0. The molecule has 1 heterocycles. The fraction of sp³-hybridized carbons (Fsp3) is 0.471. The predicted octanol–water partition coefficient (Wildman–Crippen LogP) is 1.08. The van der Waals surface area contributed by atoms with Gasteiger partial charge in [-0.1, -0.05) is 17.9 Å². The van der Waals surface area contributed by atoms with Gasteiger partial charge in [-0.3, -0.25) is 4.79 Å². The first kappa shape index (κ1) is 15.6. The number of nitrogens with two attached hydrogens (primary N) is 1. The van der Waals surface area contributed by atoms with E-state index in [1.807, 2.05) is 30.0 Å². The van der Waals surface area contributed by atoms with E-state index in [2.05, 4.69) is 30.8 Å². The maximum absolute atomic E-state index is 12.7. The molecule has 1 amide bonds. The lowest BCUT2D eigenvalue weighted by molar-refractivity contribution is 0.0782. The molecule has 0 spiro atoms. The number of likely N-dealkylation sites (N-methyl/N-ethyl adjacent to an activating group) is 1. The van der Waals surface area contributed by atoms with Gasteiger partial charge in [0.15, 0.2) is 0 Å². The van der Waals surface area contributed by atoms with Crippen molar-refractivity contribution >= 4 is 5.91 Å². The van der Waals surface area contributed by atoms with Crippen molar-refractivity contribution in [2.45, 2.75) is 19.4 Å². The Hall–Kier alpha value is -1.83. The summed E-state index contributed by atoms with van der Waals surface area (Å²) in [6, 6.07) is 6.22. The zero-order valence-electron chi connectivity index (χ0n) is 13.0. The first-order chi connectivity index (χ1) is 10.0. The van der Waals surface area contributed by atoms with Crippen molar-refractivity contribution < 1.29 is 4.79 Å². The van der Waals surface area contributed by atoms with Crippen LogP contribution in [0.25, 0.3) is 0 Å². The third-order valence-corrected chi connectivity index (χ3v) is 3.98. The zero-order chi connectivity index (χ0) is 15.4. The Morgan fingerprint density at radius 3 is 2.86 bits per heavy atom. The van der Waals surface area contributed by atoms with Crippen LogP contribution in [0.4, 0.5) is 0 Å². The summed E-state index contributed by atoms with van der Waals surface area (Å²) in [5, 5.41) is 0. The molecule has 4 heteroatoms. The van der Waals surface area contributed by atoms with Gasteiger partial charge in [0, 0.05) is 30.3 Å². The topological polar surface area (TPSA) is 49.6 Å². The standard InChI is InChI=1S/C17H23N3O/c1-13-6-7-14(5-4-9-18)11-16(13)17(21)20-10-8-15(12-20)19(2)3/h6-7,11,15H,8-10,12,18H2,1-3H3. The van der Waals surface area contributed by atoms with E-state index in [1.54, 1.807) is 0 Å². The van der Waals surface area contributed by atoms with Gasteiger partial charge in [-0.2, -0.15) is 0 Å². The molecule has 0 aromatic heterocycles. The Morgan fingerprint density at radius 2 is 2.24 bits per heavy atom. The lowest BCUT2D eigenvalue weighted by Crippen LogP contribution is -2.34. The van der Waals surface area contributed by atoms with E-state index in [0.29, 0.717) is 12.6 Å². The van der Waals surface area contributed by atoms with E-state index in [0.717, 1.165) is 36.2 Å². The Morgan fingerprint density at radius 1 is 1.48 bits per heavy atom. The summed E-state index contributed by atoms with van der Waals surface area (Å²) in [5.74, 6) is 5.92. The van der Waals surface area contributed by atoms with Crippen LogP contribution in [-0.4, -0.2) is 55.5 Å². The summed E-state index contributed by atoms with van der Waals surface area (Å²) in [7, 11) is 4.12. The van der Waals surface area contributed by atoms with Crippen molar-refractivity contribution in [3.63, 3.8) is 0 Å². The first-order valence-electron chi connectivity index (χ1n) is 7.28. The van der Waals surface area contributed by atoms with Crippen LogP contribution >= 0.6 is 0 Å². The molecule has 4 nitrogen and oxygen atoms in total. The molecule has 112 valence electrons. The molecule has 0 aliphatic carbocycles. The van der Waals surface area contributed by atoms with Crippen LogP contribution in [-0.2, 0) is 0 Å². The van der Waals surface area contributed by atoms with E-state index < -0.39 is 0 Å². The number of hydrogen-bond donors (Lipinski definition) is 1. The number of benzene rings is 1. The van der Waals surface area contributed by atoms with E-state index in [4.69, 9.17) is 5.73 Å². The fourth-order valence-corrected chi connectivity index (χ4v) is 2.60. The van der Waals surface area contributed by atoms with E-state index in [-0.39, 0.29) is 5.91 Å². The minimum absolute atomic E-state index is 0.105. The SMILES string of the molecule is Cc1ccc(C#CCN)cc1C(=O)N1CCC(N(C)C)C1. The molecule has 1 aliphatic rings. The first-order valence-corrected chi connectivity index (χ1v) is 7.28. The van der Waals surface area contributed by atoms with Crippen LogP contribution in [0.5, 0.6) is 0 Å². The van der Waals surface area contributed by atoms with Gasteiger partial charge in [-0.05, 0) is 45.1 Å². The molecule has 1 saturated heterocycles. The second-order valence-corrected chi connectivity index (χ2v) is 5.69. The number of aryl methyl sites for hydroxylation is 1. The molecule has 0 saturated carbocycles. The zero-order valence-corrected chi connectivity index (χ0v) is 13.0. The van der Waals surface area contributed by atoms with Crippen molar-refractivity contribution in [3.8, 4) is 11.8 Å². The Bertz CT molecular complexity index is 583. The van der Waals surface area contributed by atoms with E-state index >= 15 is 0 Å². The van der Waals surface area contributed by atoms with Gasteiger partial charge in [0.05, 0.1) is 6.54 Å². The number of hydrogen-bond acceptors (Lipinski definition) is 3. The van der Waals surface area contributed by atoms with Crippen molar-refractivity contribution in [1.29, 1.82) is 0 Å². The number of likely N-dealkylation sites (tertiary alicyclic amines) is 1. The smallest absolute Gasteiger partial charge is 0.254 e. The molecule has 2 rings (SSSR count). The Kier molecular flexibility index (Phi) is 5.00. The van der Waals surface area contributed by atoms with Gasteiger partial charge >= 0.3 is 0 Å². The molecule has 2 N–H and O–H groups in total. The largest absolute Gasteiger partial charge is 0.337 e. The molecule has 0 bridgehead atoms. The highest BCUT2D eigenvalue weighted by molar-refractivity contribution is 5.96.